The van der Waals surface area contributed by atoms with Gasteiger partial charge in [0.15, 0.2) is 5.75 Å². The number of quaternary nitrogens is 2. The minimum absolute atomic E-state index is 0.0607. The fourth-order valence-corrected chi connectivity index (χ4v) is 2.68. The Morgan fingerprint density at radius 1 is 1.29 bits per heavy atom. The van der Waals surface area contributed by atoms with Crippen LogP contribution in [0.2, 0.25) is 0 Å². The van der Waals surface area contributed by atoms with Crippen LogP contribution in [0.25, 0.3) is 0 Å². The van der Waals surface area contributed by atoms with Crippen LogP contribution in [0.1, 0.15) is 12.0 Å². The van der Waals surface area contributed by atoms with Gasteiger partial charge < -0.3 is 14.5 Å². The summed E-state index contributed by atoms with van der Waals surface area (Å²) in [5.74, 6) is 0.378. The molecule has 1 aromatic carbocycles. The molecule has 0 aromatic heterocycles. The number of nitrogens with zero attached hydrogens (tertiary/aromatic N) is 1. The Kier molecular flexibility index (Phi) is 5.52. The number of nitrogens with one attached hydrogen (secondary N) is 2. The van der Waals surface area contributed by atoms with E-state index < -0.39 is 0 Å². The molecule has 6 nitrogen and oxygen atoms in total. The number of nitro groups is 1. The Hall–Kier alpha value is -1.66. The predicted octanol–water partition coefficient (Wildman–Crippen LogP) is -0.915. The highest BCUT2D eigenvalue weighted by Crippen LogP contribution is 2.27. The molecule has 1 aliphatic heterocycles. The normalized spacial score (nSPS) is 22.0. The van der Waals surface area contributed by atoms with Crippen molar-refractivity contribution >= 4 is 5.69 Å². The lowest BCUT2D eigenvalue weighted by Crippen LogP contribution is -3.27. The number of nitro benzene ring substituents is 1. The largest absolute Gasteiger partial charge is 0.487 e. The molecule has 1 aromatic rings. The average Bonchev–Trinajstić information content (AvgIpc) is 2.46. The summed E-state index contributed by atoms with van der Waals surface area (Å²) in [7, 11) is 2.23. The molecule has 0 aliphatic carbocycles. The van der Waals surface area contributed by atoms with Gasteiger partial charge in [-0.25, -0.2) is 0 Å². The van der Waals surface area contributed by atoms with Gasteiger partial charge in [-0.3, -0.25) is 10.1 Å². The van der Waals surface area contributed by atoms with Crippen LogP contribution in [0.5, 0.6) is 5.75 Å². The summed E-state index contributed by atoms with van der Waals surface area (Å²) < 4.78 is 5.61. The zero-order valence-corrected chi connectivity index (χ0v) is 12.9. The fraction of sp³-hybridized carbons (Fsp3) is 0.600. The van der Waals surface area contributed by atoms with E-state index in [1.54, 1.807) is 21.9 Å². The highest BCUT2D eigenvalue weighted by Gasteiger charge is 2.19. The Labute approximate surface area is 125 Å². The third-order valence-electron chi connectivity index (χ3n) is 4.05. The first kappa shape index (κ1) is 15.7. The molecule has 0 saturated carbocycles. The lowest BCUT2D eigenvalue weighted by atomic mass is 10.2. The van der Waals surface area contributed by atoms with Crippen molar-refractivity contribution in [2.24, 2.45) is 0 Å². The standard InChI is InChI=1S/C15H23N3O3/c1-13-4-5-15(14(12-13)18(19)20)21-11-3-6-17-9-7-16(2)8-10-17/h4-5,12H,3,6-11H2,1-2H3/p+2. The van der Waals surface area contributed by atoms with Crippen molar-refractivity contribution in [2.45, 2.75) is 13.3 Å². The molecule has 1 aliphatic rings. The third-order valence-corrected chi connectivity index (χ3v) is 4.05. The van der Waals surface area contributed by atoms with Crippen molar-refractivity contribution in [3.8, 4) is 5.75 Å². The molecular weight excluding hydrogens is 270 g/mol. The molecule has 2 N–H and O–H groups in total. The van der Waals surface area contributed by atoms with Gasteiger partial charge in [-0.1, -0.05) is 6.07 Å². The molecule has 0 unspecified atom stereocenters. The zero-order chi connectivity index (χ0) is 15.2. The van der Waals surface area contributed by atoms with E-state index in [2.05, 4.69) is 7.05 Å². The van der Waals surface area contributed by atoms with Crippen LogP contribution in [0.4, 0.5) is 5.69 Å². The molecule has 0 radical (unpaired) electrons. The Bertz CT molecular complexity index is 485. The number of hydrogen-bond donors (Lipinski definition) is 2. The van der Waals surface area contributed by atoms with E-state index in [9.17, 15) is 10.1 Å². The maximum absolute atomic E-state index is 11.0. The van der Waals surface area contributed by atoms with Crippen molar-refractivity contribution in [1.82, 2.24) is 0 Å². The second kappa shape index (κ2) is 7.38. The van der Waals surface area contributed by atoms with Crippen LogP contribution in [0.3, 0.4) is 0 Å². The van der Waals surface area contributed by atoms with Crippen LogP contribution >= 0.6 is 0 Å². The lowest BCUT2D eigenvalue weighted by Gasteiger charge is -2.27. The quantitative estimate of drug-likeness (QED) is 0.406. The molecule has 21 heavy (non-hydrogen) atoms. The number of benzene rings is 1. The third kappa shape index (κ3) is 4.68. The van der Waals surface area contributed by atoms with Gasteiger partial charge in [-0.2, -0.15) is 0 Å². The van der Waals surface area contributed by atoms with Gasteiger partial charge in [-0.15, -0.1) is 0 Å². The monoisotopic (exact) mass is 295 g/mol. The van der Waals surface area contributed by atoms with Crippen LogP contribution < -0.4 is 14.5 Å². The summed E-state index contributed by atoms with van der Waals surface area (Å²) in [5, 5.41) is 11.0. The number of likely N-dealkylation sites (N-methyl/N-ethyl adjacent to an activating group) is 1. The van der Waals surface area contributed by atoms with E-state index in [1.165, 1.54) is 26.2 Å². The maximum atomic E-state index is 11.0. The molecule has 1 saturated heterocycles. The minimum atomic E-state index is -0.378. The molecule has 1 heterocycles. The Morgan fingerprint density at radius 2 is 2.00 bits per heavy atom. The summed E-state index contributed by atoms with van der Waals surface area (Å²) in [6.45, 7) is 8.31. The summed E-state index contributed by atoms with van der Waals surface area (Å²) in [6, 6.07) is 5.10. The first-order valence-electron chi connectivity index (χ1n) is 7.59. The summed E-state index contributed by atoms with van der Waals surface area (Å²) >= 11 is 0. The summed E-state index contributed by atoms with van der Waals surface area (Å²) in [4.78, 5) is 13.8. The number of piperazine rings is 1. The van der Waals surface area contributed by atoms with Crippen LogP contribution in [0, 0.1) is 17.0 Å². The highest BCUT2D eigenvalue weighted by molar-refractivity contribution is 5.48. The van der Waals surface area contributed by atoms with Crippen molar-refractivity contribution in [3.63, 3.8) is 0 Å². The van der Waals surface area contributed by atoms with Crippen molar-refractivity contribution in [3.05, 3.63) is 33.9 Å². The van der Waals surface area contributed by atoms with Crippen LogP contribution in [0.15, 0.2) is 18.2 Å². The first-order valence-corrected chi connectivity index (χ1v) is 7.59. The van der Waals surface area contributed by atoms with Crippen molar-refractivity contribution in [1.29, 1.82) is 0 Å². The van der Waals surface area contributed by atoms with E-state index in [4.69, 9.17) is 4.74 Å². The van der Waals surface area contributed by atoms with E-state index in [1.807, 2.05) is 13.0 Å². The minimum Gasteiger partial charge on any atom is -0.487 e. The van der Waals surface area contributed by atoms with Gasteiger partial charge in [0.25, 0.3) is 0 Å². The fourth-order valence-electron chi connectivity index (χ4n) is 2.68. The Morgan fingerprint density at radius 3 is 2.67 bits per heavy atom. The van der Waals surface area contributed by atoms with E-state index in [-0.39, 0.29) is 10.6 Å². The SMILES string of the molecule is Cc1ccc(OCCC[NH+]2CC[NH+](C)CC2)c([N+](=O)[O-])c1. The molecule has 0 bridgehead atoms. The van der Waals surface area contributed by atoms with E-state index in [0.717, 1.165) is 18.5 Å². The van der Waals surface area contributed by atoms with Crippen molar-refractivity contribution in [2.75, 3.05) is 46.4 Å². The van der Waals surface area contributed by atoms with Gasteiger partial charge in [0.05, 0.1) is 25.1 Å². The smallest absolute Gasteiger partial charge is 0.311 e. The second-order valence-corrected chi connectivity index (χ2v) is 5.89. The van der Waals surface area contributed by atoms with Gasteiger partial charge in [0.1, 0.15) is 26.2 Å². The van der Waals surface area contributed by atoms with Gasteiger partial charge in [0, 0.05) is 12.5 Å². The number of aryl methyl sites for hydroxylation is 1. The highest BCUT2D eigenvalue weighted by atomic mass is 16.6. The number of rotatable bonds is 6. The van der Waals surface area contributed by atoms with Gasteiger partial charge >= 0.3 is 5.69 Å². The maximum Gasteiger partial charge on any atom is 0.311 e. The topological polar surface area (TPSA) is 61.2 Å². The van der Waals surface area contributed by atoms with E-state index in [0.29, 0.717) is 12.4 Å². The van der Waals surface area contributed by atoms with Gasteiger partial charge in [0.2, 0.25) is 0 Å². The summed E-state index contributed by atoms with van der Waals surface area (Å²) in [6.07, 6.45) is 0.930. The number of ether oxygens (including phenoxy) is 1. The molecule has 2 rings (SSSR count). The molecule has 0 amide bonds. The van der Waals surface area contributed by atoms with Crippen molar-refractivity contribution < 1.29 is 19.5 Å². The van der Waals surface area contributed by atoms with Crippen LogP contribution in [-0.2, 0) is 0 Å². The van der Waals surface area contributed by atoms with E-state index >= 15 is 0 Å². The number of hydrogen-bond acceptors (Lipinski definition) is 3. The molecule has 1 fully saturated rings. The summed E-state index contributed by atoms with van der Waals surface area (Å²) in [5.41, 5.74) is 0.934. The average molecular weight is 295 g/mol. The predicted molar refractivity (Wildman–Crippen MR) is 80.1 cm³/mol. The van der Waals surface area contributed by atoms with Crippen LogP contribution in [-0.4, -0.2) is 51.3 Å². The zero-order valence-electron chi connectivity index (χ0n) is 12.9. The molecule has 6 heteroatoms. The molecule has 0 spiro atoms. The lowest BCUT2D eigenvalue weighted by molar-refractivity contribution is -1.00. The first-order chi connectivity index (χ1) is 10.1. The molecule has 116 valence electrons. The molecule has 0 atom stereocenters. The second-order valence-electron chi connectivity index (χ2n) is 5.89. The van der Waals surface area contributed by atoms with Gasteiger partial charge in [-0.05, 0) is 18.6 Å². The Balaban J connectivity index is 1.77. The molecular formula is C15H25N3O3+2.